The Morgan fingerprint density at radius 3 is 2.71 bits per heavy atom. The number of unbranched alkanes of at least 4 members (excludes halogenated alkanes) is 1. The highest BCUT2D eigenvalue weighted by Gasteiger charge is 2.01. The minimum absolute atomic E-state index is 0.448. The molecule has 0 fully saturated rings. The van der Waals surface area contributed by atoms with Crippen molar-refractivity contribution >= 4 is 0 Å². The third kappa shape index (κ3) is 5.84. The number of hydrogen-bond donors (Lipinski definition) is 1. The zero-order chi connectivity index (χ0) is 12.7. The SMILES string of the molecule is CC(C)n1ccc(CNCCCCN(C)C)n1. The molecule has 1 heterocycles. The highest BCUT2D eigenvalue weighted by molar-refractivity contribution is 4.98. The van der Waals surface area contributed by atoms with Crippen molar-refractivity contribution in [3.05, 3.63) is 18.0 Å². The molecule has 0 aliphatic rings. The van der Waals surface area contributed by atoms with Crippen molar-refractivity contribution in [2.75, 3.05) is 27.2 Å². The van der Waals surface area contributed by atoms with E-state index >= 15 is 0 Å². The molecule has 17 heavy (non-hydrogen) atoms. The van der Waals surface area contributed by atoms with Crippen molar-refractivity contribution in [3.8, 4) is 0 Å². The summed E-state index contributed by atoms with van der Waals surface area (Å²) in [5, 5.41) is 7.94. The van der Waals surface area contributed by atoms with Crippen molar-refractivity contribution in [3.63, 3.8) is 0 Å². The fraction of sp³-hybridized carbons (Fsp3) is 0.769. The normalized spacial score (nSPS) is 11.6. The molecule has 0 aliphatic carbocycles. The summed E-state index contributed by atoms with van der Waals surface area (Å²) in [6, 6.07) is 2.54. The maximum atomic E-state index is 4.50. The van der Waals surface area contributed by atoms with E-state index in [1.165, 1.54) is 19.4 Å². The van der Waals surface area contributed by atoms with Crippen LogP contribution in [0.5, 0.6) is 0 Å². The third-order valence-corrected chi connectivity index (χ3v) is 2.71. The average Bonchev–Trinajstić information content (AvgIpc) is 2.71. The van der Waals surface area contributed by atoms with Gasteiger partial charge in [0.1, 0.15) is 0 Å². The Labute approximate surface area is 105 Å². The summed E-state index contributed by atoms with van der Waals surface area (Å²) < 4.78 is 2.00. The molecule has 1 aromatic heterocycles. The second kappa shape index (κ2) is 7.45. The lowest BCUT2D eigenvalue weighted by atomic mass is 10.3. The van der Waals surface area contributed by atoms with Gasteiger partial charge >= 0.3 is 0 Å². The molecule has 0 amide bonds. The van der Waals surface area contributed by atoms with Gasteiger partial charge in [-0.15, -0.1) is 0 Å². The molecule has 0 saturated carbocycles. The maximum Gasteiger partial charge on any atom is 0.0762 e. The van der Waals surface area contributed by atoms with E-state index in [1.54, 1.807) is 0 Å². The van der Waals surface area contributed by atoms with E-state index in [2.05, 4.69) is 49.3 Å². The number of nitrogens with one attached hydrogen (secondary N) is 1. The lowest BCUT2D eigenvalue weighted by Crippen LogP contribution is -2.18. The van der Waals surface area contributed by atoms with Crippen LogP contribution in [0.3, 0.4) is 0 Å². The molecule has 0 unspecified atom stereocenters. The van der Waals surface area contributed by atoms with Gasteiger partial charge in [0.05, 0.1) is 5.69 Å². The van der Waals surface area contributed by atoms with Crippen LogP contribution in [0.15, 0.2) is 12.3 Å². The first-order chi connectivity index (χ1) is 8.09. The van der Waals surface area contributed by atoms with Crippen LogP contribution in [-0.2, 0) is 6.54 Å². The molecule has 0 aliphatic heterocycles. The summed E-state index contributed by atoms with van der Waals surface area (Å²) in [7, 11) is 4.23. The van der Waals surface area contributed by atoms with Gasteiger partial charge in [-0.25, -0.2) is 0 Å². The maximum absolute atomic E-state index is 4.50. The Kier molecular flexibility index (Phi) is 6.22. The van der Waals surface area contributed by atoms with Gasteiger partial charge in [0.25, 0.3) is 0 Å². The molecule has 0 spiro atoms. The van der Waals surface area contributed by atoms with E-state index in [9.17, 15) is 0 Å². The van der Waals surface area contributed by atoms with Crippen LogP contribution in [0.2, 0.25) is 0 Å². The van der Waals surface area contributed by atoms with Crippen molar-refractivity contribution in [2.24, 2.45) is 0 Å². The monoisotopic (exact) mass is 238 g/mol. The highest BCUT2D eigenvalue weighted by Crippen LogP contribution is 2.03. The first kappa shape index (κ1) is 14.2. The summed E-state index contributed by atoms with van der Waals surface area (Å²) in [4.78, 5) is 2.23. The average molecular weight is 238 g/mol. The molecule has 4 nitrogen and oxygen atoms in total. The van der Waals surface area contributed by atoms with Gasteiger partial charge < -0.3 is 10.2 Å². The Hall–Kier alpha value is -0.870. The quantitative estimate of drug-likeness (QED) is 0.702. The Bertz CT molecular complexity index is 304. The number of hydrogen-bond acceptors (Lipinski definition) is 3. The van der Waals surface area contributed by atoms with E-state index in [0.29, 0.717) is 6.04 Å². The lowest BCUT2D eigenvalue weighted by Gasteiger charge is -2.09. The lowest BCUT2D eigenvalue weighted by molar-refractivity contribution is 0.391. The van der Waals surface area contributed by atoms with Crippen LogP contribution in [0.1, 0.15) is 38.4 Å². The molecule has 4 heteroatoms. The molecule has 1 rings (SSSR count). The molecule has 0 saturated heterocycles. The van der Waals surface area contributed by atoms with Crippen LogP contribution >= 0.6 is 0 Å². The van der Waals surface area contributed by atoms with E-state index in [-0.39, 0.29) is 0 Å². The second-order valence-electron chi connectivity index (χ2n) is 5.07. The highest BCUT2D eigenvalue weighted by atomic mass is 15.3. The summed E-state index contributed by atoms with van der Waals surface area (Å²) in [6.45, 7) is 7.41. The predicted octanol–water partition coefficient (Wildman–Crippen LogP) is 1.90. The van der Waals surface area contributed by atoms with Crippen molar-refractivity contribution in [1.82, 2.24) is 20.0 Å². The van der Waals surface area contributed by atoms with Gasteiger partial charge in [0.2, 0.25) is 0 Å². The van der Waals surface area contributed by atoms with Crippen molar-refractivity contribution in [2.45, 2.75) is 39.3 Å². The first-order valence-electron chi connectivity index (χ1n) is 6.49. The fourth-order valence-electron chi connectivity index (χ4n) is 1.65. The van der Waals surface area contributed by atoms with Gasteiger partial charge in [-0.2, -0.15) is 5.10 Å². The fourth-order valence-corrected chi connectivity index (χ4v) is 1.65. The van der Waals surface area contributed by atoms with E-state index in [4.69, 9.17) is 0 Å². The summed E-state index contributed by atoms with van der Waals surface area (Å²) in [5.74, 6) is 0. The molecule has 1 aromatic rings. The molecule has 98 valence electrons. The van der Waals surface area contributed by atoms with Gasteiger partial charge in [-0.3, -0.25) is 4.68 Å². The minimum Gasteiger partial charge on any atom is -0.311 e. The van der Waals surface area contributed by atoms with Gasteiger partial charge in [0.15, 0.2) is 0 Å². The van der Waals surface area contributed by atoms with Crippen LogP contribution < -0.4 is 5.32 Å². The molecular formula is C13H26N4. The standard InChI is InChI=1S/C13H26N4/c1-12(2)17-10-7-13(15-17)11-14-8-5-6-9-16(3)4/h7,10,12,14H,5-6,8-9,11H2,1-4H3. The molecule has 0 radical (unpaired) electrons. The minimum atomic E-state index is 0.448. The van der Waals surface area contributed by atoms with Gasteiger partial charge in [-0.05, 0) is 59.9 Å². The van der Waals surface area contributed by atoms with Gasteiger partial charge in [0, 0.05) is 18.8 Å². The molecular weight excluding hydrogens is 212 g/mol. The molecule has 0 bridgehead atoms. The predicted molar refractivity (Wildman–Crippen MR) is 72.1 cm³/mol. The topological polar surface area (TPSA) is 33.1 Å². The zero-order valence-corrected chi connectivity index (χ0v) is 11.6. The van der Waals surface area contributed by atoms with Crippen molar-refractivity contribution < 1.29 is 0 Å². The Morgan fingerprint density at radius 2 is 2.12 bits per heavy atom. The summed E-state index contributed by atoms with van der Waals surface area (Å²) in [5.41, 5.74) is 1.13. The van der Waals surface area contributed by atoms with Crippen LogP contribution in [0.4, 0.5) is 0 Å². The molecule has 0 aromatic carbocycles. The molecule has 0 atom stereocenters. The summed E-state index contributed by atoms with van der Waals surface area (Å²) >= 11 is 0. The largest absolute Gasteiger partial charge is 0.311 e. The molecule has 1 N–H and O–H groups in total. The number of rotatable bonds is 8. The van der Waals surface area contributed by atoms with Gasteiger partial charge in [-0.1, -0.05) is 0 Å². The first-order valence-corrected chi connectivity index (χ1v) is 6.49. The van der Waals surface area contributed by atoms with Crippen LogP contribution in [0.25, 0.3) is 0 Å². The van der Waals surface area contributed by atoms with E-state index < -0.39 is 0 Å². The smallest absolute Gasteiger partial charge is 0.0762 e. The zero-order valence-electron chi connectivity index (χ0n) is 11.6. The van der Waals surface area contributed by atoms with E-state index in [1.807, 2.05) is 10.9 Å². The van der Waals surface area contributed by atoms with Crippen molar-refractivity contribution in [1.29, 1.82) is 0 Å². The van der Waals surface area contributed by atoms with Crippen LogP contribution in [-0.4, -0.2) is 41.9 Å². The third-order valence-electron chi connectivity index (χ3n) is 2.71. The second-order valence-corrected chi connectivity index (χ2v) is 5.07. The number of nitrogens with zero attached hydrogens (tertiary/aromatic N) is 3. The Morgan fingerprint density at radius 1 is 1.35 bits per heavy atom. The Balaban J connectivity index is 2.09. The summed E-state index contributed by atoms with van der Waals surface area (Å²) in [6.07, 6.45) is 4.53. The number of aromatic nitrogens is 2. The van der Waals surface area contributed by atoms with E-state index in [0.717, 1.165) is 18.8 Å². The van der Waals surface area contributed by atoms with Crippen LogP contribution in [0, 0.1) is 0 Å².